The molecule has 4 rings (SSSR count). The Kier molecular flexibility index (Phi) is 5.27. The highest BCUT2D eigenvalue weighted by Crippen LogP contribution is 2.25. The van der Waals surface area contributed by atoms with Crippen LogP contribution in [-0.4, -0.2) is 33.0 Å². The third-order valence-electron chi connectivity index (χ3n) is 4.68. The normalized spacial score (nSPS) is 14.7. The van der Waals surface area contributed by atoms with E-state index in [2.05, 4.69) is 30.5 Å². The van der Waals surface area contributed by atoms with Crippen molar-refractivity contribution in [3.63, 3.8) is 0 Å². The number of halogens is 1. The van der Waals surface area contributed by atoms with Gasteiger partial charge in [-0.2, -0.15) is 9.97 Å². The van der Waals surface area contributed by atoms with Crippen LogP contribution in [0.1, 0.15) is 31.4 Å². The number of aromatic nitrogens is 4. The molecule has 1 aliphatic heterocycles. The molecule has 8 heteroatoms. The van der Waals surface area contributed by atoms with Gasteiger partial charge in [0, 0.05) is 31.5 Å². The molecule has 1 aromatic carbocycles. The van der Waals surface area contributed by atoms with Gasteiger partial charge in [-0.15, -0.1) is 0 Å². The Labute approximate surface area is 163 Å². The molecule has 0 saturated carbocycles. The Morgan fingerprint density at radius 3 is 2.54 bits per heavy atom. The molecule has 2 N–H and O–H groups in total. The van der Waals surface area contributed by atoms with E-state index in [-0.39, 0.29) is 11.9 Å². The summed E-state index contributed by atoms with van der Waals surface area (Å²) in [4.78, 5) is 19.8. The fraction of sp³-hybridized carbons (Fsp3) is 0.300. The minimum atomic E-state index is -0.251. The van der Waals surface area contributed by atoms with Gasteiger partial charge >= 0.3 is 0 Å². The van der Waals surface area contributed by atoms with E-state index >= 15 is 0 Å². The molecule has 0 bridgehead atoms. The standard InChI is InChI=1S/C20H22FN7/c1-14(15-4-6-16(21)7-5-15)24-20-26-17(25-18-13-22-8-9-23-18)12-19(27-20)28-10-2-3-11-28/h4-9,12-14H,2-3,10-11H2,1H3,(H2,23,24,25,26,27)/t14-/m0/s1. The number of anilines is 4. The van der Waals surface area contributed by atoms with Crippen molar-refractivity contribution >= 4 is 23.4 Å². The summed E-state index contributed by atoms with van der Waals surface area (Å²) in [5.41, 5.74) is 0.958. The van der Waals surface area contributed by atoms with Crippen LogP contribution in [0.4, 0.5) is 27.8 Å². The minimum Gasteiger partial charge on any atom is -0.356 e. The molecular weight excluding hydrogens is 357 g/mol. The van der Waals surface area contributed by atoms with Crippen LogP contribution in [0.5, 0.6) is 0 Å². The Balaban J connectivity index is 1.60. The summed E-state index contributed by atoms with van der Waals surface area (Å²) in [5, 5.41) is 6.51. The molecule has 7 nitrogen and oxygen atoms in total. The Hall–Kier alpha value is -3.29. The quantitative estimate of drug-likeness (QED) is 0.672. The van der Waals surface area contributed by atoms with Gasteiger partial charge in [0.05, 0.1) is 12.2 Å². The lowest BCUT2D eigenvalue weighted by Crippen LogP contribution is -2.20. The van der Waals surface area contributed by atoms with E-state index in [0.29, 0.717) is 17.6 Å². The van der Waals surface area contributed by atoms with Crippen molar-refractivity contribution in [2.45, 2.75) is 25.8 Å². The lowest BCUT2D eigenvalue weighted by molar-refractivity contribution is 0.626. The second-order valence-corrected chi connectivity index (χ2v) is 6.76. The van der Waals surface area contributed by atoms with E-state index in [0.717, 1.165) is 37.3 Å². The van der Waals surface area contributed by atoms with Gasteiger partial charge in [0.1, 0.15) is 23.3 Å². The van der Waals surface area contributed by atoms with Crippen LogP contribution in [0.25, 0.3) is 0 Å². The van der Waals surface area contributed by atoms with Gasteiger partial charge in [-0.1, -0.05) is 12.1 Å². The van der Waals surface area contributed by atoms with Gasteiger partial charge in [0.15, 0.2) is 0 Å². The summed E-state index contributed by atoms with van der Waals surface area (Å²) in [6.45, 7) is 3.96. The molecule has 144 valence electrons. The van der Waals surface area contributed by atoms with E-state index < -0.39 is 0 Å². The average molecular weight is 379 g/mol. The zero-order valence-electron chi connectivity index (χ0n) is 15.6. The monoisotopic (exact) mass is 379 g/mol. The first-order chi connectivity index (χ1) is 13.7. The third kappa shape index (κ3) is 4.33. The number of nitrogens with zero attached hydrogens (tertiary/aromatic N) is 5. The molecule has 0 aliphatic carbocycles. The summed E-state index contributed by atoms with van der Waals surface area (Å²) >= 11 is 0. The molecule has 1 aliphatic rings. The number of nitrogens with one attached hydrogen (secondary N) is 2. The SMILES string of the molecule is C[C@H](Nc1nc(Nc2cnccn2)cc(N2CCCC2)n1)c1ccc(F)cc1. The zero-order valence-corrected chi connectivity index (χ0v) is 15.6. The summed E-state index contributed by atoms with van der Waals surface area (Å²) in [6.07, 6.45) is 7.21. The summed E-state index contributed by atoms with van der Waals surface area (Å²) in [5.74, 6) is 2.39. The maximum atomic E-state index is 13.2. The number of hydrogen-bond acceptors (Lipinski definition) is 7. The van der Waals surface area contributed by atoms with E-state index in [1.54, 1.807) is 30.7 Å². The van der Waals surface area contributed by atoms with E-state index in [1.807, 2.05) is 13.0 Å². The summed E-state index contributed by atoms with van der Waals surface area (Å²) in [6, 6.07) is 8.28. The zero-order chi connectivity index (χ0) is 19.3. The molecular formula is C20H22FN7. The van der Waals surface area contributed by atoms with Crippen LogP contribution in [0.2, 0.25) is 0 Å². The van der Waals surface area contributed by atoms with Crippen molar-refractivity contribution in [2.24, 2.45) is 0 Å². The first-order valence-corrected chi connectivity index (χ1v) is 9.36. The van der Waals surface area contributed by atoms with E-state index in [1.165, 1.54) is 12.1 Å². The largest absolute Gasteiger partial charge is 0.356 e. The van der Waals surface area contributed by atoms with Crippen molar-refractivity contribution in [2.75, 3.05) is 28.6 Å². The molecule has 0 radical (unpaired) electrons. The molecule has 3 aromatic rings. The molecule has 1 saturated heterocycles. The molecule has 0 unspecified atom stereocenters. The van der Waals surface area contributed by atoms with Crippen LogP contribution in [0.15, 0.2) is 48.9 Å². The predicted molar refractivity (Wildman–Crippen MR) is 107 cm³/mol. The van der Waals surface area contributed by atoms with Crippen LogP contribution in [-0.2, 0) is 0 Å². The maximum absolute atomic E-state index is 13.2. The minimum absolute atomic E-state index is 0.0706. The average Bonchev–Trinajstić information content (AvgIpc) is 3.24. The van der Waals surface area contributed by atoms with Gasteiger partial charge in [-0.05, 0) is 37.5 Å². The summed E-state index contributed by atoms with van der Waals surface area (Å²) in [7, 11) is 0. The first kappa shape index (κ1) is 18.1. The van der Waals surface area contributed by atoms with E-state index in [4.69, 9.17) is 4.98 Å². The van der Waals surface area contributed by atoms with Crippen molar-refractivity contribution in [1.82, 2.24) is 19.9 Å². The molecule has 2 aromatic heterocycles. The molecule has 1 fully saturated rings. The third-order valence-corrected chi connectivity index (χ3v) is 4.68. The van der Waals surface area contributed by atoms with E-state index in [9.17, 15) is 4.39 Å². The van der Waals surface area contributed by atoms with Gasteiger partial charge in [0.2, 0.25) is 5.95 Å². The molecule has 1 atom stereocenters. The maximum Gasteiger partial charge on any atom is 0.227 e. The van der Waals surface area contributed by atoms with Crippen molar-refractivity contribution in [1.29, 1.82) is 0 Å². The van der Waals surface area contributed by atoms with Crippen LogP contribution in [0.3, 0.4) is 0 Å². The molecule has 3 heterocycles. The predicted octanol–water partition coefficient (Wildman–Crippen LogP) is 3.92. The smallest absolute Gasteiger partial charge is 0.227 e. The molecule has 0 spiro atoms. The summed E-state index contributed by atoms with van der Waals surface area (Å²) < 4.78 is 13.2. The Morgan fingerprint density at radius 1 is 1.04 bits per heavy atom. The Morgan fingerprint density at radius 2 is 1.82 bits per heavy atom. The van der Waals surface area contributed by atoms with Crippen molar-refractivity contribution in [3.05, 3.63) is 60.3 Å². The van der Waals surface area contributed by atoms with Gasteiger partial charge in [-0.25, -0.2) is 9.37 Å². The number of hydrogen-bond donors (Lipinski definition) is 2. The van der Waals surface area contributed by atoms with Crippen LogP contribution >= 0.6 is 0 Å². The highest BCUT2D eigenvalue weighted by molar-refractivity contribution is 5.59. The number of benzene rings is 1. The highest BCUT2D eigenvalue weighted by Gasteiger charge is 2.17. The fourth-order valence-electron chi connectivity index (χ4n) is 3.19. The van der Waals surface area contributed by atoms with Gasteiger partial charge < -0.3 is 15.5 Å². The fourth-order valence-corrected chi connectivity index (χ4v) is 3.19. The lowest BCUT2D eigenvalue weighted by atomic mass is 10.1. The van der Waals surface area contributed by atoms with Gasteiger partial charge in [0.25, 0.3) is 0 Å². The van der Waals surface area contributed by atoms with Crippen LogP contribution < -0.4 is 15.5 Å². The van der Waals surface area contributed by atoms with Gasteiger partial charge in [-0.3, -0.25) is 4.98 Å². The lowest BCUT2D eigenvalue weighted by Gasteiger charge is -2.20. The molecule has 0 amide bonds. The van der Waals surface area contributed by atoms with Crippen LogP contribution in [0, 0.1) is 5.82 Å². The van der Waals surface area contributed by atoms with Crippen molar-refractivity contribution < 1.29 is 4.39 Å². The second kappa shape index (κ2) is 8.16. The van der Waals surface area contributed by atoms with Crippen molar-refractivity contribution in [3.8, 4) is 0 Å². The Bertz CT molecular complexity index is 912. The molecule has 28 heavy (non-hydrogen) atoms. The number of rotatable bonds is 6. The second-order valence-electron chi connectivity index (χ2n) is 6.76. The topological polar surface area (TPSA) is 78.9 Å². The first-order valence-electron chi connectivity index (χ1n) is 9.36. The highest BCUT2D eigenvalue weighted by atomic mass is 19.1.